The number of hydrogen-bond donors (Lipinski definition) is 1. The summed E-state index contributed by atoms with van der Waals surface area (Å²) in [5.74, 6) is 1.08. The van der Waals surface area contributed by atoms with Crippen LogP contribution >= 0.6 is 0 Å². The van der Waals surface area contributed by atoms with E-state index in [9.17, 15) is 0 Å². The highest BCUT2D eigenvalue weighted by atomic mass is 16.5. The van der Waals surface area contributed by atoms with Gasteiger partial charge >= 0.3 is 0 Å². The zero-order valence-corrected chi connectivity index (χ0v) is 10.9. The fraction of sp³-hybridized carbons (Fsp3) is 0.600. The van der Waals surface area contributed by atoms with Crippen molar-refractivity contribution in [1.82, 2.24) is 5.32 Å². The topological polar surface area (TPSA) is 21.3 Å². The molecule has 0 saturated heterocycles. The molecule has 1 heterocycles. The van der Waals surface area contributed by atoms with E-state index >= 15 is 0 Å². The summed E-state index contributed by atoms with van der Waals surface area (Å²) in [7, 11) is 0. The number of benzene rings is 1. The highest BCUT2D eigenvalue weighted by molar-refractivity contribution is 5.40. The van der Waals surface area contributed by atoms with Crippen LogP contribution in [0.4, 0.5) is 0 Å². The Bertz CT molecular complexity index is 439. The second-order valence-corrected chi connectivity index (χ2v) is 6.10. The largest absolute Gasteiger partial charge is 0.493 e. The van der Waals surface area contributed by atoms with Crippen LogP contribution < -0.4 is 10.1 Å². The summed E-state index contributed by atoms with van der Waals surface area (Å²) in [5, 5.41) is 3.71. The third-order valence-corrected chi connectivity index (χ3v) is 4.18. The molecule has 1 aromatic carbocycles. The Morgan fingerprint density at radius 3 is 2.88 bits per heavy atom. The van der Waals surface area contributed by atoms with E-state index in [1.807, 2.05) is 0 Å². The molecular formula is C15H21NO. The van der Waals surface area contributed by atoms with Gasteiger partial charge in [-0.1, -0.05) is 26.0 Å². The summed E-state index contributed by atoms with van der Waals surface area (Å²) in [6.07, 6.45) is 2.36. The van der Waals surface area contributed by atoms with E-state index in [4.69, 9.17) is 4.74 Å². The maximum absolute atomic E-state index is 5.54. The SMILES string of the molecule is CC(NC1CC1(C)C)c1ccc2c(c1)CCO2. The van der Waals surface area contributed by atoms with E-state index < -0.39 is 0 Å². The first-order chi connectivity index (χ1) is 8.06. The quantitative estimate of drug-likeness (QED) is 0.863. The van der Waals surface area contributed by atoms with Crippen molar-refractivity contribution >= 4 is 0 Å². The highest BCUT2D eigenvalue weighted by Gasteiger charge is 2.45. The van der Waals surface area contributed by atoms with Crippen molar-refractivity contribution < 1.29 is 4.74 Å². The molecule has 2 heteroatoms. The predicted molar refractivity (Wildman–Crippen MR) is 69.4 cm³/mol. The monoisotopic (exact) mass is 231 g/mol. The molecule has 2 unspecified atom stereocenters. The van der Waals surface area contributed by atoms with Gasteiger partial charge in [0.05, 0.1) is 6.61 Å². The molecule has 0 spiro atoms. The van der Waals surface area contributed by atoms with Gasteiger partial charge in [0.15, 0.2) is 0 Å². The molecule has 1 saturated carbocycles. The van der Waals surface area contributed by atoms with Crippen molar-refractivity contribution in [3.8, 4) is 5.75 Å². The van der Waals surface area contributed by atoms with Gasteiger partial charge in [0.1, 0.15) is 5.75 Å². The van der Waals surface area contributed by atoms with Crippen LogP contribution in [0.3, 0.4) is 0 Å². The van der Waals surface area contributed by atoms with Crippen LogP contribution in [0.2, 0.25) is 0 Å². The average Bonchev–Trinajstić information content (AvgIpc) is 2.74. The molecule has 0 radical (unpaired) electrons. The fourth-order valence-corrected chi connectivity index (χ4v) is 2.63. The summed E-state index contributed by atoms with van der Waals surface area (Å²) in [5.41, 5.74) is 3.25. The Morgan fingerprint density at radius 2 is 2.18 bits per heavy atom. The van der Waals surface area contributed by atoms with Crippen LogP contribution in [0, 0.1) is 5.41 Å². The van der Waals surface area contributed by atoms with Crippen LogP contribution in [0.1, 0.15) is 44.4 Å². The van der Waals surface area contributed by atoms with E-state index in [1.54, 1.807) is 0 Å². The van der Waals surface area contributed by atoms with Crippen LogP contribution in [0.25, 0.3) is 0 Å². The molecule has 1 aromatic rings. The number of rotatable bonds is 3. The molecule has 1 N–H and O–H groups in total. The van der Waals surface area contributed by atoms with Gasteiger partial charge in [-0.3, -0.25) is 0 Å². The lowest BCUT2D eigenvalue weighted by molar-refractivity contribution is 0.356. The number of fused-ring (bicyclic) bond motifs is 1. The fourth-order valence-electron chi connectivity index (χ4n) is 2.63. The van der Waals surface area contributed by atoms with Crippen LogP contribution in [0.15, 0.2) is 18.2 Å². The van der Waals surface area contributed by atoms with Gasteiger partial charge < -0.3 is 10.1 Å². The first-order valence-corrected chi connectivity index (χ1v) is 6.58. The zero-order valence-electron chi connectivity index (χ0n) is 10.9. The number of hydrogen-bond acceptors (Lipinski definition) is 2. The lowest BCUT2D eigenvalue weighted by atomic mass is 10.0. The van der Waals surface area contributed by atoms with Crippen molar-refractivity contribution in [1.29, 1.82) is 0 Å². The zero-order chi connectivity index (χ0) is 12.0. The molecule has 2 nitrogen and oxygen atoms in total. The summed E-state index contributed by atoms with van der Waals surface area (Å²) in [6, 6.07) is 7.73. The van der Waals surface area contributed by atoms with Gasteiger partial charge in [-0.2, -0.15) is 0 Å². The maximum atomic E-state index is 5.54. The lowest BCUT2D eigenvalue weighted by Crippen LogP contribution is -2.24. The van der Waals surface area contributed by atoms with Crippen molar-refractivity contribution in [2.45, 2.75) is 45.7 Å². The Balaban J connectivity index is 1.71. The summed E-state index contributed by atoms with van der Waals surface area (Å²) in [4.78, 5) is 0. The second-order valence-electron chi connectivity index (χ2n) is 6.10. The Morgan fingerprint density at radius 1 is 1.41 bits per heavy atom. The van der Waals surface area contributed by atoms with Crippen LogP contribution in [0.5, 0.6) is 5.75 Å². The van der Waals surface area contributed by atoms with Crippen molar-refractivity contribution in [3.05, 3.63) is 29.3 Å². The Kier molecular flexibility index (Phi) is 2.44. The van der Waals surface area contributed by atoms with Gasteiger partial charge in [0, 0.05) is 18.5 Å². The van der Waals surface area contributed by atoms with Crippen molar-refractivity contribution in [2.75, 3.05) is 6.61 Å². The molecule has 0 amide bonds. The van der Waals surface area contributed by atoms with Gasteiger partial charge in [0.25, 0.3) is 0 Å². The molecule has 92 valence electrons. The Labute approximate surface area is 103 Å². The molecule has 1 aliphatic carbocycles. The molecular weight excluding hydrogens is 210 g/mol. The molecule has 3 rings (SSSR count). The molecule has 0 bridgehead atoms. The predicted octanol–water partition coefficient (Wildman–Crippen LogP) is 3.07. The number of ether oxygens (including phenoxy) is 1. The smallest absolute Gasteiger partial charge is 0.122 e. The van der Waals surface area contributed by atoms with E-state index in [1.165, 1.54) is 17.5 Å². The first kappa shape index (κ1) is 11.1. The first-order valence-electron chi connectivity index (χ1n) is 6.58. The summed E-state index contributed by atoms with van der Waals surface area (Å²) >= 11 is 0. The normalized spacial score (nSPS) is 26.2. The van der Waals surface area contributed by atoms with Gasteiger partial charge in [0.2, 0.25) is 0 Å². The molecule has 1 fully saturated rings. The minimum Gasteiger partial charge on any atom is -0.493 e. The van der Waals surface area contributed by atoms with Crippen LogP contribution in [-0.2, 0) is 6.42 Å². The van der Waals surface area contributed by atoms with Gasteiger partial charge in [-0.25, -0.2) is 0 Å². The lowest BCUT2D eigenvalue weighted by Gasteiger charge is -2.16. The third-order valence-electron chi connectivity index (χ3n) is 4.18. The standard InChI is InChI=1S/C15H21NO/c1-10(16-14-9-15(14,2)3)11-4-5-13-12(8-11)6-7-17-13/h4-5,8,10,14,16H,6-7,9H2,1-3H3. The molecule has 1 aliphatic heterocycles. The number of nitrogens with one attached hydrogen (secondary N) is 1. The minimum atomic E-state index is 0.438. The summed E-state index contributed by atoms with van der Waals surface area (Å²) < 4.78 is 5.54. The molecule has 2 atom stereocenters. The molecule has 17 heavy (non-hydrogen) atoms. The minimum absolute atomic E-state index is 0.438. The second kappa shape index (κ2) is 3.74. The van der Waals surface area contributed by atoms with E-state index in [0.717, 1.165) is 18.8 Å². The van der Waals surface area contributed by atoms with Gasteiger partial charge in [-0.15, -0.1) is 0 Å². The van der Waals surface area contributed by atoms with Crippen molar-refractivity contribution in [2.24, 2.45) is 5.41 Å². The van der Waals surface area contributed by atoms with E-state index in [-0.39, 0.29) is 0 Å². The van der Waals surface area contributed by atoms with E-state index in [2.05, 4.69) is 44.3 Å². The van der Waals surface area contributed by atoms with Crippen LogP contribution in [-0.4, -0.2) is 12.6 Å². The highest BCUT2D eigenvalue weighted by Crippen LogP contribution is 2.45. The third kappa shape index (κ3) is 2.06. The summed E-state index contributed by atoms with van der Waals surface area (Å²) in [6.45, 7) is 7.75. The van der Waals surface area contributed by atoms with Gasteiger partial charge in [-0.05, 0) is 36.0 Å². The van der Waals surface area contributed by atoms with Crippen molar-refractivity contribution in [3.63, 3.8) is 0 Å². The average molecular weight is 231 g/mol. The molecule has 2 aliphatic rings. The van der Waals surface area contributed by atoms with E-state index in [0.29, 0.717) is 17.5 Å². The maximum Gasteiger partial charge on any atom is 0.122 e. The Hall–Kier alpha value is -1.02. The molecule has 0 aromatic heterocycles.